The van der Waals surface area contributed by atoms with Crippen molar-refractivity contribution in [2.45, 2.75) is 71.9 Å². The number of aromatic nitrogens is 3. The molecule has 4 rings (SSSR count). The first kappa shape index (κ1) is 20.4. The average molecular weight is 407 g/mol. The number of pyridine rings is 1. The largest absolute Gasteiger partial charge is 0.331 e. The standard InChI is InChI=1S/C24H30N4O2/c1-14(2)17-10-19(20-12-25-27-22(20)11-17)24(30)28(18-7-5-6-8-18)13-21-15(3)9-16(4)26-23(21)29/h9-12,14,18H,5-8,13H2,1-4H3,(H,25,27)(H,26,29). The van der Waals surface area contributed by atoms with E-state index in [-0.39, 0.29) is 17.5 Å². The summed E-state index contributed by atoms with van der Waals surface area (Å²) < 4.78 is 0. The molecule has 0 bridgehead atoms. The van der Waals surface area contributed by atoms with Crippen molar-refractivity contribution in [3.8, 4) is 0 Å². The van der Waals surface area contributed by atoms with Crippen LogP contribution >= 0.6 is 0 Å². The van der Waals surface area contributed by atoms with Crippen molar-refractivity contribution in [3.63, 3.8) is 0 Å². The quantitative estimate of drug-likeness (QED) is 0.651. The van der Waals surface area contributed by atoms with Crippen LogP contribution in [0.4, 0.5) is 0 Å². The lowest BCUT2D eigenvalue weighted by Gasteiger charge is -2.30. The molecular weight excluding hydrogens is 376 g/mol. The van der Waals surface area contributed by atoms with E-state index in [4.69, 9.17) is 0 Å². The number of hydrogen-bond acceptors (Lipinski definition) is 3. The van der Waals surface area contributed by atoms with Crippen molar-refractivity contribution in [2.75, 3.05) is 0 Å². The normalized spacial score (nSPS) is 14.7. The molecule has 1 aliphatic rings. The molecule has 1 aromatic carbocycles. The molecule has 0 radical (unpaired) electrons. The number of fused-ring (bicyclic) bond motifs is 1. The minimum atomic E-state index is -0.104. The fourth-order valence-electron chi connectivity index (χ4n) is 4.57. The molecule has 1 aliphatic carbocycles. The first-order valence-electron chi connectivity index (χ1n) is 10.8. The summed E-state index contributed by atoms with van der Waals surface area (Å²) in [6, 6.07) is 6.20. The van der Waals surface area contributed by atoms with Gasteiger partial charge < -0.3 is 9.88 Å². The maximum Gasteiger partial charge on any atom is 0.255 e. The molecule has 0 saturated heterocycles. The molecule has 2 aromatic heterocycles. The van der Waals surface area contributed by atoms with Crippen LogP contribution in [0.5, 0.6) is 0 Å². The molecule has 2 N–H and O–H groups in total. The summed E-state index contributed by atoms with van der Waals surface area (Å²) in [5, 5.41) is 8.02. The second-order valence-electron chi connectivity index (χ2n) is 8.87. The van der Waals surface area contributed by atoms with Gasteiger partial charge in [-0.05, 0) is 61.9 Å². The zero-order chi connectivity index (χ0) is 21.4. The average Bonchev–Trinajstić information content (AvgIpc) is 3.37. The number of H-pyrrole nitrogens is 2. The predicted molar refractivity (Wildman–Crippen MR) is 119 cm³/mol. The number of rotatable bonds is 5. The van der Waals surface area contributed by atoms with Crippen LogP contribution in [0.2, 0.25) is 0 Å². The van der Waals surface area contributed by atoms with E-state index in [1.165, 1.54) is 0 Å². The molecule has 158 valence electrons. The number of carbonyl (C=O) groups is 1. The van der Waals surface area contributed by atoms with E-state index in [2.05, 4.69) is 35.1 Å². The van der Waals surface area contributed by atoms with E-state index < -0.39 is 0 Å². The van der Waals surface area contributed by atoms with E-state index in [1.807, 2.05) is 30.9 Å². The Morgan fingerprint density at radius 2 is 1.93 bits per heavy atom. The van der Waals surface area contributed by atoms with Gasteiger partial charge in [0, 0.05) is 22.7 Å². The fourth-order valence-corrected chi connectivity index (χ4v) is 4.57. The molecule has 2 heterocycles. The van der Waals surface area contributed by atoms with E-state index in [1.54, 1.807) is 6.20 Å². The maximum atomic E-state index is 13.9. The monoisotopic (exact) mass is 406 g/mol. The van der Waals surface area contributed by atoms with Gasteiger partial charge in [0.2, 0.25) is 0 Å². The summed E-state index contributed by atoms with van der Waals surface area (Å²) in [5.74, 6) is 0.279. The van der Waals surface area contributed by atoms with Gasteiger partial charge in [0.25, 0.3) is 11.5 Å². The van der Waals surface area contributed by atoms with Crippen molar-refractivity contribution in [3.05, 3.63) is 62.7 Å². The second kappa shape index (κ2) is 8.09. The number of aryl methyl sites for hydroxylation is 2. The molecule has 0 aliphatic heterocycles. The van der Waals surface area contributed by atoms with Crippen molar-refractivity contribution < 1.29 is 4.79 Å². The van der Waals surface area contributed by atoms with Crippen molar-refractivity contribution in [2.24, 2.45) is 0 Å². The van der Waals surface area contributed by atoms with E-state index in [0.717, 1.165) is 53.4 Å². The summed E-state index contributed by atoms with van der Waals surface area (Å²) >= 11 is 0. The second-order valence-corrected chi connectivity index (χ2v) is 8.87. The first-order valence-corrected chi connectivity index (χ1v) is 10.8. The number of nitrogens with zero attached hydrogens (tertiary/aromatic N) is 2. The molecule has 30 heavy (non-hydrogen) atoms. The highest BCUT2D eigenvalue weighted by Crippen LogP contribution is 2.30. The van der Waals surface area contributed by atoms with Crippen LogP contribution in [-0.4, -0.2) is 32.0 Å². The minimum absolute atomic E-state index is 0.0184. The fraction of sp³-hybridized carbons (Fsp3) is 0.458. The highest BCUT2D eigenvalue weighted by atomic mass is 16.2. The molecule has 6 nitrogen and oxygen atoms in total. The van der Waals surface area contributed by atoms with E-state index in [9.17, 15) is 9.59 Å². The summed E-state index contributed by atoms with van der Waals surface area (Å²) in [6.07, 6.45) is 5.92. The number of hydrogen-bond donors (Lipinski definition) is 2. The predicted octanol–water partition coefficient (Wildman–Crippen LogP) is 4.58. The first-order chi connectivity index (χ1) is 14.3. The molecule has 0 spiro atoms. The van der Waals surface area contributed by atoms with Gasteiger partial charge in [0.15, 0.2) is 0 Å². The Hall–Kier alpha value is -2.89. The van der Waals surface area contributed by atoms with E-state index >= 15 is 0 Å². The SMILES string of the molecule is Cc1cc(C)c(CN(C(=O)c2cc(C(C)C)cc3[nH]ncc23)C2CCCC2)c(=O)[nH]1. The van der Waals surface area contributed by atoms with Crippen LogP contribution in [0, 0.1) is 13.8 Å². The third kappa shape index (κ3) is 3.78. The van der Waals surface area contributed by atoms with Crippen LogP contribution in [-0.2, 0) is 6.54 Å². The van der Waals surface area contributed by atoms with Gasteiger partial charge in [0.1, 0.15) is 0 Å². The molecule has 0 unspecified atom stereocenters. The van der Waals surface area contributed by atoms with Crippen LogP contribution in [0.1, 0.15) is 78.2 Å². The number of amides is 1. The maximum absolute atomic E-state index is 13.9. The molecule has 1 amide bonds. The molecule has 3 aromatic rings. The van der Waals surface area contributed by atoms with Crippen LogP contribution in [0.3, 0.4) is 0 Å². The van der Waals surface area contributed by atoms with Gasteiger partial charge >= 0.3 is 0 Å². The summed E-state index contributed by atoms with van der Waals surface area (Å²) in [6.45, 7) is 8.40. The topological polar surface area (TPSA) is 81.8 Å². The van der Waals surface area contributed by atoms with Crippen molar-refractivity contribution in [1.82, 2.24) is 20.1 Å². The Morgan fingerprint density at radius 1 is 1.20 bits per heavy atom. The molecule has 0 atom stereocenters. The smallest absolute Gasteiger partial charge is 0.255 e. The zero-order valence-electron chi connectivity index (χ0n) is 18.2. The number of benzene rings is 1. The lowest BCUT2D eigenvalue weighted by molar-refractivity contribution is 0.0665. The summed E-state index contributed by atoms with van der Waals surface area (Å²) in [4.78, 5) is 31.4. The Balaban J connectivity index is 1.79. The number of carbonyl (C=O) groups excluding carboxylic acids is 1. The number of nitrogens with one attached hydrogen (secondary N) is 2. The van der Waals surface area contributed by atoms with Gasteiger partial charge in [-0.15, -0.1) is 0 Å². The van der Waals surface area contributed by atoms with Crippen LogP contribution < -0.4 is 5.56 Å². The Bertz CT molecular complexity index is 1140. The number of aromatic amines is 2. The summed E-state index contributed by atoms with van der Waals surface area (Å²) in [5.41, 5.74) is 4.97. The Morgan fingerprint density at radius 3 is 2.60 bits per heavy atom. The molecular formula is C24H30N4O2. The highest BCUT2D eigenvalue weighted by molar-refractivity contribution is 6.06. The van der Waals surface area contributed by atoms with Crippen LogP contribution in [0.15, 0.2) is 29.2 Å². The van der Waals surface area contributed by atoms with Crippen molar-refractivity contribution >= 4 is 16.8 Å². The van der Waals surface area contributed by atoms with Gasteiger partial charge in [-0.25, -0.2) is 0 Å². The van der Waals surface area contributed by atoms with Gasteiger partial charge in [-0.1, -0.05) is 26.7 Å². The Kier molecular flexibility index (Phi) is 5.50. The van der Waals surface area contributed by atoms with Crippen molar-refractivity contribution in [1.29, 1.82) is 0 Å². The van der Waals surface area contributed by atoms with E-state index in [0.29, 0.717) is 23.6 Å². The third-order valence-electron chi connectivity index (χ3n) is 6.33. The summed E-state index contributed by atoms with van der Waals surface area (Å²) in [7, 11) is 0. The molecule has 1 fully saturated rings. The Labute approximate surface area is 176 Å². The molecule has 1 saturated carbocycles. The third-order valence-corrected chi connectivity index (χ3v) is 6.33. The van der Waals surface area contributed by atoms with Gasteiger partial charge in [0.05, 0.1) is 23.8 Å². The lowest BCUT2D eigenvalue weighted by atomic mass is 9.97. The van der Waals surface area contributed by atoms with Gasteiger partial charge in [-0.3, -0.25) is 14.7 Å². The zero-order valence-corrected chi connectivity index (χ0v) is 18.2. The van der Waals surface area contributed by atoms with Crippen LogP contribution in [0.25, 0.3) is 10.9 Å². The van der Waals surface area contributed by atoms with Gasteiger partial charge in [-0.2, -0.15) is 5.10 Å². The highest BCUT2D eigenvalue weighted by Gasteiger charge is 2.30. The molecule has 6 heteroatoms. The lowest BCUT2D eigenvalue weighted by Crippen LogP contribution is -2.40. The minimum Gasteiger partial charge on any atom is -0.331 e.